The van der Waals surface area contributed by atoms with E-state index in [1.807, 2.05) is 36.4 Å². The molecule has 174 valence electrons. The molecule has 1 atom stereocenters. The van der Waals surface area contributed by atoms with Gasteiger partial charge in [0.05, 0.1) is 17.8 Å². The third kappa shape index (κ3) is 3.69. The van der Waals surface area contributed by atoms with Gasteiger partial charge in [-0.15, -0.1) is 0 Å². The monoisotopic (exact) mass is 686 g/mol. The van der Waals surface area contributed by atoms with Crippen molar-refractivity contribution in [1.29, 1.82) is 0 Å². The Morgan fingerprint density at radius 1 is 0.771 bits per heavy atom. The molecule has 35 heavy (non-hydrogen) atoms. The zero-order chi connectivity index (χ0) is 24.3. The van der Waals surface area contributed by atoms with E-state index in [0.717, 1.165) is 68.4 Å². The molecule has 1 aliphatic heterocycles. The maximum Gasteiger partial charge on any atom is 0.144 e. The van der Waals surface area contributed by atoms with Gasteiger partial charge in [0.15, 0.2) is 0 Å². The molecular formula is C29H20I2O4. The summed E-state index contributed by atoms with van der Waals surface area (Å²) in [5.74, 6) is 3.24. The van der Waals surface area contributed by atoms with Gasteiger partial charge in [-0.25, -0.2) is 0 Å². The van der Waals surface area contributed by atoms with E-state index in [0.29, 0.717) is 0 Å². The van der Waals surface area contributed by atoms with Crippen LogP contribution in [0, 0.1) is 7.14 Å². The lowest BCUT2D eigenvalue weighted by Crippen LogP contribution is -2.15. The topological polar surface area (TPSA) is 47.9 Å². The van der Waals surface area contributed by atoms with Gasteiger partial charge < -0.3 is 19.3 Å². The Bertz CT molecular complexity index is 1640. The summed E-state index contributed by atoms with van der Waals surface area (Å²) >= 11 is 4.71. The molecule has 0 spiro atoms. The van der Waals surface area contributed by atoms with Crippen molar-refractivity contribution in [3.05, 3.63) is 96.6 Å². The summed E-state index contributed by atoms with van der Waals surface area (Å²) in [6, 6.07) is 24.1. The lowest BCUT2D eigenvalue weighted by Gasteiger charge is -2.32. The largest absolute Gasteiger partial charge is 0.508 e. The Balaban J connectivity index is 1.80. The number of methoxy groups -OCH3 is 2. The second-order valence-electron chi connectivity index (χ2n) is 8.49. The van der Waals surface area contributed by atoms with Gasteiger partial charge >= 0.3 is 0 Å². The van der Waals surface area contributed by atoms with Crippen LogP contribution >= 0.6 is 45.2 Å². The molecule has 0 fully saturated rings. The molecule has 5 aromatic rings. The molecule has 0 aromatic heterocycles. The van der Waals surface area contributed by atoms with E-state index in [1.165, 1.54) is 0 Å². The van der Waals surface area contributed by atoms with Crippen molar-refractivity contribution < 1.29 is 19.3 Å². The Morgan fingerprint density at radius 3 is 2.26 bits per heavy atom. The first-order valence-electron chi connectivity index (χ1n) is 11.1. The molecule has 6 heteroatoms. The van der Waals surface area contributed by atoms with E-state index >= 15 is 0 Å². The molecule has 5 aromatic carbocycles. The van der Waals surface area contributed by atoms with Crippen LogP contribution in [0.4, 0.5) is 0 Å². The van der Waals surface area contributed by atoms with Crippen molar-refractivity contribution in [2.75, 3.05) is 14.2 Å². The first kappa shape index (κ1) is 22.7. The fourth-order valence-electron chi connectivity index (χ4n) is 5.07. The van der Waals surface area contributed by atoms with Crippen LogP contribution in [0.25, 0.3) is 21.5 Å². The van der Waals surface area contributed by atoms with Gasteiger partial charge in [0.2, 0.25) is 0 Å². The highest BCUT2D eigenvalue weighted by molar-refractivity contribution is 14.1. The highest BCUT2D eigenvalue weighted by Crippen LogP contribution is 2.54. The molecule has 0 aliphatic carbocycles. The molecule has 1 aliphatic rings. The molecule has 0 radical (unpaired) electrons. The van der Waals surface area contributed by atoms with E-state index in [2.05, 4.69) is 75.5 Å². The van der Waals surface area contributed by atoms with E-state index in [4.69, 9.17) is 14.2 Å². The van der Waals surface area contributed by atoms with Crippen molar-refractivity contribution in [2.24, 2.45) is 0 Å². The molecule has 0 saturated carbocycles. The van der Waals surface area contributed by atoms with Crippen molar-refractivity contribution in [3.8, 4) is 28.7 Å². The SMILES string of the molecule is COc1ccc2ccc(OC)c(C3c4cc(I)cc(I)c4Oc4ccc5ccc(O)cc5c43)c2c1. The van der Waals surface area contributed by atoms with Crippen LogP contribution in [-0.2, 0) is 0 Å². The smallest absolute Gasteiger partial charge is 0.144 e. The van der Waals surface area contributed by atoms with Gasteiger partial charge in [0.25, 0.3) is 0 Å². The molecule has 0 saturated heterocycles. The van der Waals surface area contributed by atoms with E-state index < -0.39 is 0 Å². The van der Waals surface area contributed by atoms with E-state index in [-0.39, 0.29) is 11.7 Å². The Hall–Kier alpha value is -2.72. The zero-order valence-electron chi connectivity index (χ0n) is 18.9. The number of halogens is 2. The summed E-state index contributed by atoms with van der Waals surface area (Å²) in [6.07, 6.45) is 0. The molecule has 1 heterocycles. The average Bonchev–Trinajstić information content (AvgIpc) is 2.86. The minimum absolute atomic E-state index is 0.187. The molecule has 6 rings (SSSR count). The quantitative estimate of drug-likeness (QED) is 0.191. The third-order valence-electron chi connectivity index (χ3n) is 6.59. The predicted octanol–water partition coefficient (Wildman–Crippen LogP) is 8.21. The summed E-state index contributed by atoms with van der Waals surface area (Å²) in [5.41, 5.74) is 3.12. The molecular weight excluding hydrogens is 666 g/mol. The highest BCUT2D eigenvalue weighted by Gasteiger charge is 2.35. The van der Waals surface area contributed by atoms with Crippen LogP contribution < -0.4 is 14.2 Å². The number of rotatable bonds is 3. The van der Waals surface area contributed by atoms with Crippen LogP contribution in [-0.4, -0.2) is 19.3 Å². The number of hydrogen-bond donors (Lipinski definition) is 1. The first-order valence-corrected chi connectivity index (χ1v) is 13.2. The standard InChI is InChI=1S/C29H20I2O4/c1-33-19-8-4-16-5-9-24(34-2)26(21(16)14-19)28-22-11-17(30)12-23(31)29(22)35-25-10-6-15-3-7-18(32)13-20(15)27(25)28/h3-14,28,32H,1-2H3. The summed E-state index contributed by atoms with van der Waals surface area (Å²) in [7, 11) is 3.39. The third-order valence-corrected chi connectivity index (χ3v) is 8.02. The number of phenols is 1. The van der Waals surface area contributed by atoms with Gasteiger partial charge in [-0.2, -0.15) is 0 Å². The first-order chi connectivity index (χ1) is 17.0. The normalized spacial score (nSPS) is 14.3. The number of hydrogen-bond acceptors (Lipinski definition) is 4. The van der Waals surface area contributed by atoms with Crippen molar-refractivity contribution in [2.45, 2.75) is 5.92 Å². The van der Waals surface area contributed by atoms with Crippen LogP contribution in [0.15, 0.2) is 72.8 Å². The summed E-state index contributed by atoms with van der Waals surface area (Å²) in [6.45, 7) is 0. The summed E-state index contributed by atoms with van der Waals surface area (Å²) in [4.78, 5) is 0. The molecule has 4 nitrogen and oxygen atoms in total. The molecule has 1 unspecified atom stereocenters. The lowest BCUT2D eigenvalue weighted by molar-refractivity contribution is 0.406. The van der Waals surface area contributed by atoms with Crippen LogP contribution in [0.2, 0.25) is 0 Å². The minimum atomic E-state index is -0.187. The Kier molecular flexibility index (Phi) is 5.68. The second-order valence-corrected chi connectivity index (χ2v) is 10.9. The van der Waals surface area contributed by atoms with E-state index in [1.54, 1.807) is 20.3 Å². The van der Waals surface area contributed by atoms with E-state index in [9.17, 15) is 5.11 Å². The molecule has 0 amide bonds. The maximum absolute atomic E-state index is 10.4. The van der Waals surface area contributed by atoms with Crippen molar-refractivity contribution in [1.82, 2.24) is 0 Å². The summed E-state index contributed by atoms with van der Waals surface area (Å²) < 4.78 is 20.3. The number of ether oxygens (including phenoxy) is 3. The van der Waals surface area contributed by atoms with Gasteiger partial charge in [0.1, 0.15) is 28.7 Å². The predicted molar refractivity (Wildman–Crippen MR) is 156 cm³/mol. The van der Waals surface area contributed by atoms with Gasteiger partial charge in [0, 0.05) is 26.2 Å². The van der Waals surface area contributed by atoms with Crippen LogP contribution in [0.3, 0.4) is 0 Å². The van der Waals surface area contributed by atoms with Crippen molar-refractivity contribution >= 4 is 66.7 Å². The highest BCUT2D eigenvalue weighted by atomic mass is 127. The van der Waals surface area contributed by atoms with Gasteiger partial charge in [-0.05, 0) is 115 Å². The van der Waals surface area contributed by atoms with Gasteiger partial charge in [-0.3, -0.25) is 0 Å². The number of phenolic OH excluding ortho intramolecular Hbond substituents is 1. The number of benzene rings is 5. The minimum Gasteiger partial charge on any atom is -0.508 e. The van der Waals surface area contributed by atoms with Crippen molar-refractivity contribution in [3.63, 3.8) is 0 Å². The zero-order valence-corrected chi connectivity index (χ0v) is 23.2. The number of aromatic hydroxyl groups is 1. The fraction of sp³-hybridized carbons (Fsp3) is 0.103. The Labute approximate surface area is 230 Å². The van der Waals surface area contributed by atoms with Crippen LogP contribution in [0.5, 0.6) is 28.7 Å². The fourth-order valence-corrected chi connectivity index (χ4v) is 7.07. The molecule has 0 bridgehead atoms. The average molecular weight is 686 g/mol. The number of fused-ring (bicyclic) bond motifs is 5. The maximum atomic E-state index is 10.4. The summed E-state index contributed by atoms with van der Waals surface area (Å²) in [5, 5.41) is 14.6. The van der Waals surface area contributed by atoms with Gasteiger partial charge in [-0.1, -0.05) is 24.3 Å². The Morgan fingerprint density at radius 2 is 1.49 bits per heavy atom. The molecule has 1 N–H and O–H groups in total. The second kappa shape index (κ2) is 8.74. The lowest BCUT2D eigenvalue weighted by atomic mass is 9.78. The van der Waals surface area contributed by atoms with Crippen LogP contribution in [0.1, 0.15) is 22.6 Å².